The third-order valence-electron chi connectivity index (χ3n) is 2.35. The first-order chi connectivity index (χ1) is 9.00. The van der Waals surface area contributed by atoms with E-state index in [1.165, 1.54) is 18.6 Å². The lowest BCUT2D eigenvalue weighted by Crippen LogP contribution is -2.09. The van der Waals surface area contributed by atoms with Crippen molar-refractivity contribution in [1.29, 1.82) is 0 Å². The molecule has 0 radical (unpaired) electrons. The van der Waals surface area contributed by atoms with Crippen LogP contribution in [0, 0.1) is 0 Å². The Kier molecular flexibility index (Phi) is 4.06. The zero-order valence-corrected chi connectivity index (χ0v) is 10.5. The molecule has 0 bridgehead atoms. The normalized spacial score (nSPS) is 11.6. The van der Waals surface area contributed by atoms with Crippen molar-refractivity contribution in [2.45, 2.75) is 22.6 Å². The first-order valence-corrected chi connectivity index (χ1v) is 6.16. The van der Waals surface area contributed by atoms with Gasteiger partial charge in [0.25, 0.3) is 0 Å². The number of hydrogen-bond acceptors (Lipinski definition) is 4. The van der Waals surface area contributed by atoms with Gasteiger partial charge in [-0.2, -0.15) is 13.2 Å². The molecule has 0 unspecified atom stereocenters. The third-order valence-corrected chi connectivity index (χ3v) is 3.38. The van der Waals surface area contributed by atoms with Crippen molar-refractivity contribution in [3.8, 4) is 0 Å². The highest BCUT2D eigenvalue weighted by Crippen LogP contribution is 2.39. The number of alkyl halides is 3. The Morgan fingerprint density at radius 2 is 2.00 bits per heavy atom. The summed E-state index contributed by atoms with van der Waals surface area (Å²) in [5, 5.41) is 0.459. The van der Waals surface area contributed by atoms with Crippen LogP contribution in [0.2, 0.25) is 0 Å². The lowest BCUT2D eigenvalue weighted by molar-refractivity contribution is -0.139. The number of aromatic nitrogens is 2. The van der Waals surface area contributed by atoms with E-state index in [0.29, 0.717) is 10.6 Å². The summed E-state index contributed by atoms with van der Waals surface area (Å²) in [7, 11) is 0. The van der Waals surface area contributed by atoms with E-state index in [2.05, 4.69) is 9.97 Å². The number of halogens is 3. The van der Waals surface area contributed by atoms with E-state index in [1.54, 1.807) is 12.1 Å². The molecule has 0 fully saturated rings. The van der Waals surface area contributed by atoms with E-state index in [0.717, 1.165) is 17.8 Å². The highest BCUT2D eigenvalue weighted by Gasteiger charge is 2.33. The van der Waals surface area contributed by atoms with Crippen LogP contribution in [-0.4, -0.2) is 9.97 Å². The van der Waals surface area contributed by atoms with Crippen LogP contribution in [0.25, 0.3) is 0 Å². The lowest BCUT2D eigenvalue weighted by atomic mass is 10.1. The summed E-state index contributed by atoms with van der Waals surface area (Å²) in [6.45, 7) is 0.0710. The second-order valence-corrected chi connectivity index (χ2v) is 4.74. The molecule has 2 N–H and O–H groups in total. The van der Waals surface area contributed by atoms with Crippen LogP contribution in [0.3, 0.4) is 0 Å². The fourth-order valence-corrected chi connectivity index (χ4v) is 2.34. The average molecular weight is 285 g/mol. The molecule has 0 saturated heterocycles. The van der Waals surface area contributed by atoms with Gasteiger partial charge in [-0.3, -0.25) is 0 Å². The predicted molar refractivity (Wildman–Crippen MR) is 65.5 cm³/mol. The molecule has 0 spiro atoms. The number of benzene rings is 1. The fourth-order valence-electron chi connectivity index (χ4n) is 1.47. The molecule has 0 atom stereocenters. The van der Waals surface area contributed by atoms with Gasteiger partial charge in [0.15, 0.2) is 0 Å². The Morgan fingerprint density at radius 3 is 2.58 bits per heavy atom. The van der Waals surface area contributed by atoms with Crippen molar-refractivity contribution in [3.63, 3.8) is 0 Å². The molecule has 1 aromatic carbocycles. The van der Waals surface area contributed by atoms with Crippen LogP contribution < -0.4 is 5.73 Å². The summed E-state index contributed by atoms with van der Waals surface area (Å²) < 4.78 is 38.9. The summed E-state index contributed by atoms with van der Waals surface area (Å²) in [6, 6.07) is 5.63. The van der Waals surface area contributed by atoms with Gasteiger partial charge in [-0.05, 0) is 23.8 Å². The van der Waals surface area contributed by atoms with Crippen molar-refractivity contribution < 1.29 is 13.2 Å². The molecule has 7 heteroatoms. The maximum atomic E-state index is 13.0. The van der Waals surface area contributed by atoms with Gasteiger partial charge in [0.05, 0.1) is 5.56 Å². The zero-order valence-electron chi connectivity index (χ0n) is 9.69. The van der Waals surface area contributed by atoms with Gasteiger partial charge in [0, 0.05) is 17.6 Å². The van der Waals surface area contributed by atoms with Gasteiger partial charge in [-0.1, -0.05) is 17.8 Å². The molecule has 2 aromatic rings. The van der Waals surface area contributed by atoms with E-state index in [1.807, 2.05) is 0 Å². The lowest BCUT2D eigenvalue weighted by Gasteiger charge is -2.13. The quantitative estimate of drug-likeness (QED) is 0.880. The van der Waals surface area contributed by atoms with E-state index in [4.69, 9.17) is 5.73 Å². The second-order valence-electron chi connectivity index (χ2n) is 3.68. The Balaban J connectivity index is 2.40. The Hall–Kier alpha value is -1.60. The van der Waals surface area contributed by atoms with Crippen molar-refractivity contribution in [3.05, 3.63) is 47.9 Å². The number of rotatable bonds is 3. The molecular weight excluding hydrogens is 275 g/mol. The Morgan fingerprint density at radius 1 is 1.21 bits per heavy atom. The third kappa shape index (κ3) is 3.45. The number of nitrogens with two attached hydrogens (primary N) is 1. The van der Waals surface area contributed by atoms with Crippen molar-refractivity contribution in [1.82, 2.24) is 9.97 Å². The fraction of sp³-hybridized carbons (Fsp3) is 0.167. The number of hydrogen-bond donors (Lipinski definition) is 1. The topological polar surface area (TPSA) is 51.8 Å². The minimum absolute atomic E-state index is 0.0710. The monoisotopic (exact) mass is 285 g/mol. The summed E-state index contributed by atoms with van der Waals surface area (Å²) in [6.07, 6.45) is -1.64. The molecule has 0 amide bonds. The summed E-state index contributed by atoms with van der Waals surface area (Å²) in [5.74, 6) is 0. The molecule has 3 nitrogen and oxygen atoms in total. The van der Waals surface area contributed by atoms with Crippen LogP contribution >= 0.6 is 11.8 Å². The largest absolute Gasteiger partial charge is 0.417 e. The highest BCUT2D eigenvalue weighted by atomic mass is 32.2. The molecule has 0 aliphatic heterocycles. The smallest absolute Gasteiger partial charge is 0.326 e. The minimum Gasteiger partial charge on any atom is -0.326 e. The van der Waals surface area contributed by atoms with Gasteiger partial charge in [0.2, 0.25) is 0 Å². The van der Waals surface area contributed by atoms with E-state index < -0.39 is 11.7 Å². The molecular formula is C12H10F3N3S. The van der Waals surface area contributed by atoms with E-state index in [-0.39, 0.29) is 11.4 Å². The molecule has 0 saturated carbocycles. The summed E-state index contributed by atoms with van der Waals surface area (Å²) in [5.41, 5.74) is 5.12. The van der Waals surface area contributed by atoms with Crippen LogP contribution in [0.1, 0.15) is 11.1 Å². The summed E-state index contributed by atoms with van der Waals surface area (Å²) in [4.78, 5) is 7.72. The average Bonchev–Trinajstić information content (AvgIpc) is 2.39. The molecule has 0 aliphatic carbocycles. The Bertz CT molecular complexity index is 558. The maximum Gasteiger partial charge on any atom is 0.417 e. The first kappa shape index (κ1) is 13.8. The minimum atomic E-state index is -4.42. The van der Waals surface area contributed by atoms with E-state index in [9.17, 15) is 13.2 Å². The number of nitrogens with zero attached hydrogens (tertiary/aromatic N) is 2. The van der Waals surface area contributed by atoms with Gasteiger partial charge < -0.3 is 5.73 Å². The van der Waals surface area contributed by atoms with Gasteiger partial charge in [0.1, 0.15) is 11.4 Å². The van der Waals surface area contributed by atoms with Crippen molar-refractivity contribution in [2.75, 3.05) is 0 Å². The van der Waals surface area contributed by atoms with Crippen LogP contribution in [-0.2, 0) is 12.7 Å². The van der Waals surface area contributed by atoms with E-state index >= 15 is 0 Å². The summed E-state index contributed by atoms with van der Waals surface area (Å²) >= 11 is 0.948. The predicted octanol–water partition coefficient (Wildman–Crippen LogP) is 3.11. The highest BCUT2D eigenvalue weighted by molar-refractivity contribution is 7.99. The van der Waals surface area contributed by atoms with Crippen molar-refractivity contribution >= 4 is 11.8 Å². The standard InChI is InChI=1S/C12H10F3N3S/c13-12(14,15)9-5-8(6-16)1-2-10(9)19-11-3-4-17-7-18-11/h1-5,7H,6,16H2. The van der Waals surface area contributed by atoms with Crippen molar-refractivity contribution in [2.24, 2.45) is 5.73 Å². The molecule has 19 heavy (non-hydrogen) atoms. The molecule has 1 heterocycles. The van der Waals surface area contributed by atoms with Crippen LogP contribution in [0.4, 0.5) is 13.2 Å². The first-order valence-electron chi connectivity index (χ1n) is 5.35. The molecule has 0 aliphatic rings. The Labute approximate surface area is 112 Å². The zero-order chi connectivity index (χ0) is 13.9. The molecule has 100 valence electrons. The van der Waals surface area contributed by atoms with Crippen LogP contribution in [0.15, 0.2) is 46.7 Å². The molecule has 1 aromatic heterocycles. The SMILES string of the molecule is NCc1ccc(Sc2ccncn2)c(C(F)(F)F)c1. The molecule has 2 rings (SSSR count). The maximum absolute atomic E-state index is 13.0. The van der Waals surface area contributed by atoms with Gasteiger partial charge in [-0.15, -0.1) is 0 Å². The van der Waals surface area contributed by atoms with Gasteiger partial charge >= 0.3 is 6.18 Å². The van der Waals surface area contributed by atoms with Crippen LogP contribution in [0.5, 0.6) is 0 Å². The van der Waals surface area contributed by atoms with Gasteiger partial charge in [-0.25, -0.2) is 9.97 Å². The second kappa shape index (κ2) is 5.58.